The highest BCUT2D eigenvalue weighted by Crippen LogP contribution is 2.21. The van der Waals surface area contributed by atoms with E-state index < -0.39 is 0 Å². The van der Waals surface area contributed by atoms with E-state index in [1.807, 2.05) is 36.4 Å². The molecule has 4 aromatic rings. The molecule has 0 atom stereocenters. The van der Waals surface area contributed by atoms with Crippen molar-refractivity contribution in [1.82, 2.24) is 14.9 Å². The van der Waals surface area contributed by atoms with Crippen LogP contribution in [0.5, 0.6) is 5.75 Å². The molecule has 0 spiro atoms. The molecular formula is C30H35N3O2. The van der Waals surface area contributed by atoms with Gasteiger partial charge < -0.3 is 14.6 Å². The van der Waals surface area contributed by atoms with Gasteiger partial charge >= 0.3 is 0 Å². The molecule has 5 nitrogen and oxygen atoms in total. The van der Waals surface area contributed by atoms with Gasteiger partial charge in [-0.3, -0.25) is 4.79 Å². The second-order valence-electron chi connectivity index (χ2n) is 9.07. The minimum absolute atomic E-state index is 0.00420. The summed E-state index contributed by atoms with van der Waals surface area (Å²) in [7, 11) is 0. The van der Waals surface area contributed by atoms with Crippen LogP contribution in [0.2, 0.25) is 0 Å². The second-order valence-corrected chi connectivity index (χ2v) is 9.07. The highest BCUT2D eigenvalue weighted by Gasteiger charge is 2.11. The van der Waals surface area contributed by atoms with Crippen LogP contribution in [-0.4, -0.2) is 28.6 Å². The number of nitrogens with one attached hydrogen (secondary N) is 1. The summed E-state index contributed by atoms with van der Waals surface area (Å²) in [4.78, 5) is 17.1. The van der Waals surface area contributed by atoms with Gasteiger partial charge in [-0.15, -0.1) is 0 Å². The van der Waals surface area contributed by atoms with Crippen molar-refractivity contribution in [1.29, 1.82) is 0 Å². The predicted molar refractivity (Wildman–Crippen MR) is 142 cm³/mol. The van der Waals surface area contributed by atoms with E-state index in [0.717, 1.165) is 55.7 Å². The van der Waals surface area contributed by atoms with Gasteiger partial charge in [0.1, 0.15) is 11.6 Å². The number of hydrogen-bond acceptors (Lipinski definition) is 3. The Morgan fingerprint density at radius 3 is 2.57 bits per heavy atom. The van der Waals surface area contributed by atoms with Gasteiger partial charge in [-0.05, 0) is 74.6 Å². The summed E-state index contributed by atoms with van der Waals surface area (Å²) in [6.45, 7) is 6.43. The lowest BCUT2D eigenvalue weighted by Crippen LogP contribution is -2.24. The van der Waals surface area contributed by atoms with Crippen LogP contribution in [0, 0.1) is 13.8 Å². The first-order chi connectivity index (χ1) is 17.1. The van der Waals surface area contributed by atoms with Gasteiger partial charge in [0.25, 0.3) is 5.91 Å². The molecule has 5 heteroatoms. The standard InChI is InChI=1S/C30H35N3O2/c1-23-17-18-24(2)28(22-23)35-21-11-20-33-27-15-9-8-14-26(27)32-29(33)16-7-4-10-19-31-30(34)25-12-5-3-6-13-25/h3,5-6,8-9,12-15,17-18,22H,4,7,10-11,16,19-21H2,1-2H3,(H,31,34). The molecule has 0 fully saturated rings. The van der Waals surface area contributed by atoms with E-state index in [0.29, 0.717) is 18.7 Å². The summed E-state index contributed by atoms with van der Waals surface area (Å²) in [5, 5.41) is 3.01. The lowest BCUT2D eigenvalue weighted by atomic mass is 10.1. The van der Waals surface area contributed by atoms with E-state index in [9.17, 15) is 4.79 Å². The van der Waals surface area contributed by atoms with Gasteiger partial charge in [-0.2, -0.15) is 0 Å². The van der Waals surface area contributed by atoms with Crippen molar-refractivity contribution >= 4 is 16.9 Å². The molecule has 1 heterocycles. The number of fused-ring (bicyclic) bond motifs is 1. The zero-order valence-electron chi connectivity index (χ0n) is 20.8. The number of aryl methyl sites for hydroxylation is 4. The average Bonchev–Trinajstić information content (AvgIpc) is 3.23. The van der Waals surface area contributed by atoms with Gasteiger partial charge in [-0.25, -0.2) is 4.98 Å². The summed E-state index contributed by atoms with van der Waals surface area (Å²) in [6, 6.07) is 24.1. The number of ether oxygens (including phenoxy) is 1. The van der Waals surface area contributed by atoms with Crippen molar-refractivity contribution in [3.05, 3.63) is 95.3 Å². The highest BCUT2D eigenvalue weighted by atomic mass is 16.5. The van der Waals surface area contributed by atoms with E-state index >= 15 is 0 Å². The molecule has 35 heavy (non-hydrogen) atoms. The third kappa shape index (κ3) is 6.72. The molecule has 1 amide bonds. The number of hydrogen-bond donors (Lipinski definition) is 1. The van der Waals surface area contributed by atoms with Crippen molar-refractivity contribution in [3.63, 3.8) is 0 Å². The van der Waals surface area contributed by atoms with Crippen LogP contribution in [0.1, 0.15) is 53.0 Å². The lowest BCUT2D eigenvalue weighted by Gasteiger charge is -2.12. The maximum Gasteiger partial charge on any atom is 0.251 e. The van der Waals surface area contributed by atoms with Crippen LogP contribution in [0.4, 0.5) is 0 Å². The Labute approximate surface area is 208 Å². The molecule has 0 aliphatic heterocycles. The van der Waals surface area contributed by atoms with E-state index in [2.05, 4.69) is 60.1 Å². The minimum Gasteiger partial charge on any atom is -0.493 e. The van der Waals surface area contributed by atoms with Crippen LogP contribution in [-0.2, 0) is 13.0 Å². The Morgan fingerprint density at radius 2 is 1.71 bits per heavy atom. The van der Waals surface area contributed by atoms with E-state index in [-0.39, 0.29) is 5.91 Å². The number of amides is 1. The van der Waals surface area contributed by atoms with Crippen LogP contribution in [0.3, 0.4) is 0 Å². The molecule has 3 aromatic carbocycles. The summed E-state index contributed by atoms with van der Waals surface area (Å²) in [6.07, 6.45) is 4.91. The average molecular weight is 470 g/mol. The largest absolute Gasteiger partial charge is 0.493 e. The fourth-order valence-electron chi connectivity index (χ4n) is 4.31. The lowest BCUT2D eigenvalue weighted by molar-refractivity contribution is 0.0953. The third-order valence-electron chi connectivity index (χ3n) is 6.26. The molecule has 0 aliphatic rings. The summed E-state index contributed by atoms with van der Waals surface area (Å²) < 4.78 is 8.42. The maximum atomic E-state index is 12.2. The normalized spacial score (nSPS) is 11.0. The van der Waals surface area contributed by atoms with Crippen LogP contribution in [0.25, 0.3) is 11.0 Å². The maximum absolute atomic E-state index is 12.2. The molecule has 0 saturated heterocycles. The number of carbonyl (C=O) groups is 1. The Kier molecular flexibility index (Phi) is 8.55. The quantitative estimate of drug-likeness (QED) is 0.249. The topological polar surface area (TPSA) is 56.1 Å². The number of para-hydroxylation sites is 2. The van der Waals surface area contributed by atoms with Crippen molar-refractivity contribution in [2.45, 2.75) is 52.5 Å². The number of carbonyl (C=O) groups excluding carboxylic acids is 1. The minimum atomic E-state index is -0.00420. The molecule has 0 radical (unpaired) electrons. The number of aromatic nitrogens is 2. The molecule has 0 bridgehead atoms. The fraction of sp³-hybridized carbons (Fsp3) is 0.333. The molecular weight excluding hydrogens is 434 g/mol. The first-order valence-electron chi connectivity index (χ1n) is 12.6. The van der Waals surface area contributed by atoms with Crippen molar-refractivity contribution < 1.29 is 9.53 Å². The molecule has 0 unspecified atom stereocenters. The van der Waals surface area contributed by atoms with Crippen LogP contribution in [0.15, 0.2) is 72.8 Å². The molecule has 1 aromatic heterocycles. The SMILES string of the molecule is Cc1ccc(C)c(OCCCn2c(CCCCCNC(=O)c3ccccc3)nc3ccccc32)c1. The summed E-state index contributed by atoms with van der Waals surface area (Å²) in [5.74, 6) is 2.10. The second kappa shape index (κ2) is 12.2. The smallest absolute Gasteiger partial charge is 0.251 e. The number of unbranched alkanes of at least 4 members (excludes halogenated alkanes) is 2. The van der Waals surface area contributed by atoms with Crippen LogP contribution < -0.4 is 10.1 Å². The summed E-state index contributed by atoms with van der Waals surface area (Å²) in [5.41, 5.74) is 5.33. The van der Waals surface area contributed by atoms with Gasteiger partial charge in [0.2, 0.25) is 0 Å². The Balaban J connectivity index is 1.26. The van der Waals surface area contributed by atoms with E-state index in [1.54, 1.807) is 0 Å². The molecule has 0 saturated carbocycles. The van der Waals surface area contributed by atoms with Gasteiger partial charge in [-0.1, -0.05) is 48.9 Å². The fourth-order valence-corrected chi connectivity index (χ4v) is 4.31. The van der Waals surface area contributed by atoms with Crippen molar-refractivity contribution in [2.24, 2.45) is 0 Å². The number of nitrogens with zero attached hydrogens (tertiary/aromatic N) is 2. The summed E-state index contributed by atoms with van der Waals surface area (Å²) >= 11 is 0. The van der Waals surface area contributed by atoms with E-state index in [1.165, 1.54) is 16.6 Å². The third-order valence-corrected chi connectivity index (χ3v) is 6.26. The van der Waals surface area contributed by atoms with Gasteiger partial charge in [0.05, 0.1) is 17.6 Å². The first-order valence-corrected chi connectivity index (χ1v) is 12.6. The number of benzene rings is 3. The van der Waals surface area contributed by atoms with Crippen LogP contribution >= 0.6 is 0 Å². The van der Waals surface area contributed by atoms with Gasteiger partial charge in [0.15, 0.2) is 0 Å². The highest BCUT2D eigenvalue weighted by molar-refractivity contribution is 5.94. The van der Waals surface area contributed by atoms with Crippen molar-refractivity contribution in [3.8, 4) is 5.75 Å². The molecule has 0 aliphatic carbocycles. The molecule has 182 valence electrons. The zero-order chi connectivity index (χ0) is 24.5. The Hall–Kier alpha value is -3.60. The number of rotatable bonds is 12. The Morgan fingerprint density at radius 1 is 0.914 bits per heavy atom. The molecule has 4 rings (SSSR count). The van der Waals surface area contributed by atoms with Crippen molar-refractivity contribution in [2.75, 3.05) is 13.2 Å². The molecule has 1 N–H and O–H groups in total. The predicted octanol–water partition coefficient (Wildman–Crippen LogP) is 6.27. The Bertz CT molecular complexity index is 1250. The monoisotopic (exact) mass is 469 g/mol. The zero-order valence-corrected chi connectivity index (χ0v) is 20.8. The first kappa shape index (κ1) is 24.5. The van der Waals surface area contributed by atoms with E-state index in [4.69, 9.17) is 9.72 Å². The number of imidazole rings is 1. The van der Waals surface area contributed by atoms with Gasteiger partial charge in [0, 0.05) is 25.1 Å².